The fraction of sp³-hybridized carbons (Fsp3) is 0.357. The minimum Gasteiger partial charge on any atom is -0.312 e. The molecule has 0 bridgehead atoms. The first-order chi connectivity index (χ1) is 8.27. The minimum atomic E-state index is 0.439. The van der Waals surface area contributed by atoms with Crippen LogP contribution in [0.3, 0.4) is 0 Å². The summed E-state index contributed by atoms with van der Waals surface area (Å²) in [5.41, 5.74) is 5.45. The highest BCUT2D eigenvalue weighted by atomic mass is 15.3. The van der Waals surface area contributed by atoms with Crippen LogP contribution in [0.1, 0.15) is 28.3 Å². The highest BCUT2D eigenvalue weighted by Gasteiger charge is 2.23. The Morgan fingerprint density at radius 2 is 2.12 bits per heavy atom. The predicted molar refractivity (Wildman–Crippen MR) is 67.9 cm³/mol. The third kappa shape index (κ3) is 1.67. The standard InChI is InChI=1S/C14H17N3/c1-10-13(9-16-17(10)2)14-8-15-7-11-5-3-4-6-12(11)14/h3-6,9,14-15H,7-8H2,1-2H3. The van der Waals surface area contributed by atoms with Gasteiger partial charge in [0, 0.05) is 37.3 Å². The normalized spacial score (nSPS) is 19.1. The lowest BCUT2D eigenvalue weighted by Crippen LogP contribution is -2.28. The zero-order valence-corrected chi connectivity index (χ0v) is 10.3. The van der Waals surface area contributed by atoms with E-state index in [4.69, 9.17) is 0 Å². The fourth-order valence-electron chi connectivity index (χ4n) is 2.63. The number of rotatable bonds is 1. The number of hydrogen-bond donors (Lipinski definition) is 1. The highest BCUT2D eigenvalue weighted by Crippen LogP contribution is 2.31. The molecule has 1 aliphatic rings. The van der Waals surface area contributed by atoms with Gasteiger partial charge < -0.3 is 5.32 Å². The van der Waals surface area contributed by atoms with E-state index in [1.807, 2.05) is 17.9 Å². The van der Waals surface area contributed by atoms with E-state index in [1.165, 1.54) is 22.4 Å². The van der Waals surface area contributed by atoms with Crippen molar-refractivity contribution >= 4 is 0 Å². The second kappa shape index (κ2) is 4.00. The van der Waals surface area contributed by atoms with Gasteiger partial charge >= 0.3 is 0 Å². The summed E-state index contributed by atoms with van der Waals surface area (Å²) in [5.74, 6) is 0.439. The lowest BCUT2D eigenvalue weighted by molar-refractivity contribution is 0.588. The first-order valence-corrected chi connectivity index (χ1v) is 6.04. The van der Waals surface area contributed by atoms with Crippen molar-refractivity contribution in [3.05, 3.63) is 52.8 Å². The van der Waals surface area contributed by atoms with Crippen molar-refractivity contribution in [2.45, 2.75) is 19.4 Å². The number of nitrogens with zero attached hydrogens (tertiary/aromatic N) is 2. The topological polar surface area (TPSA) is 29.9 Å². The van der Waals surface area contributed by atoms with Crippen molar-refractivity contribution in [2.75, 3.05) is 6.54 Å². The molecule has 0 amide bonds. The summed E-state index contributed by atoms with van der Waals surface area (Å²) in [6.45, 7) is 4.12. The summed E-state index contributed by atoms with van der Waals surface area (Å²) in [4.78, 5) is 0. The van der Waals surface area contributed by atoms with Gasteiger partial charge in [-0.15, -0.1) is 0 Å². The van der Waals surface area contributed by atoms with Gasteiger partial charge in [0.15, 0.2) is 0 Å². The molecule has 3 heteroatoms. The van der Waals surface area contributed by atoms with E-state index < -0.39 is 0 Å². The molecule has 0 radical (unpaired) electrons. The SMILES string of the molecule is Cc1c(C2CNCc3ccccc32)cnn1C. The third-order valence-corrected chi connectivity index (χ3v) is 3.74. The second-order valence-electron chi connectivity index (χ2n) is 4.69. The molecule has 17 heavy (non-hydrogen) atoms. The minimum absolute atomic E-state index is 0.439. The predicted octanol–water partition coefficient (Wildman–Crippen LogP) is 1.96. The molecule has 1 atom stereocenters. The van der Waals surface area contributed by atoms with Crippen molar-refractivity contribution in [2.24, 2.45) is 7.05 Å². The van der Waals surface area contributed by atoms with Crippen LogP contribution in [0.4, 0.5) is 0 Å². The molecule has 1 unspecified atom stereocenters. The van der Waals surface area contributed by atoms with Crippen molar-refractivity contribution in [1.29, 1.82) is 0 Å². The van der Waals surface area contributed by atoms with Crippen molar-refractivity contribution in [3.8, 4) is 0 Å². The first kappa shape index (κ1) is 10.5. The van der Waals surface area contributed by atoms with Crippen molar-refractivity contribution < 1.29 is 0 Å². The van der Waals surface area contributed by atoms with Crippen LogP contribution < -0.4 is 5.32 Å². The fourth-order valence-corrected chi connectivity index (χ4v) is 2.63. The molecule has 0 saturated heterocycles. The van der Waals surface area contributed by atoms with Crippen LogP contribution in [0.25, 0.3) is 0 Å². The quantitative estimate of drug-likeness (QED) is 0.807. The van der Waals surface area contributed by atoms with E-state index in [-0.39, 0.29) is 0 Å². The van der Waals surface area contributed by atoms with Crippen LogP contribution in [0, 0.1) is 6.92 Å². The van der Waals surface area contributed by atoms with Crippen LogP contribution >= 0.6 is 0 Å². The number of hydrogen-bond acceptors (Lipinski definition) is 2. The van der Waals surface area contributed by atoms with Gasteiger partial charge in [-0.3, -0.25) is 4.68 Å². The summed E-state index contributed by atoms with van der Waals surface area (Å²) >= 11 is 0. The Labute approximate surface area is 101 Å². The summed E-state index contributed by atoms with van der Waals surface area (Å²) in [7, 11) is 2.00. The maximum atomic E-state index is 4.35. The molecule has 88 valence electrons. The van der Waals surface area contributed by atoms with E-state index in [0.29, 0.717) is 5.92 Å². The summed E-state index contributed by atoms with van der Waals surface area (Å²) < 4.78 is 1.95. The molecule has 2 aromatic rings. The molecular formula is C14H17N3. The number of aryl methyl sites for hydroxylation is 1. The van der Waals surface area contributed by atoms with Gasteiger partial charge in [-0.2, -0.15) is 5.10 Å². The summed E-state index contributed by atoms with van der Waals surface area (Å²) in [6, 6.07) is 8.69. The van der Waals surface area contributed by atoms with Gasteiger partial charge in [0.1, 0.15) is 0 Å². The largest absolute Gasteiger partial charge is 0.312 e. The first-order valence-electron chi connectivity index (χ1n) is 6.04. The Kier molecular flexibility index (Phi) is 2.48. The van der Waals surface area contributed by atoms with Gasteiger partial charge in [0.05, 0.1) is 6.20 Å². The van der Waals surface area contributed by atoms with E-state index >= 15 is 0 Å². The average Bonchev–Trinajstić information content (AvgIpc) is 2.69. The second-order valence-corrected chi connectivity index (χ2v) is 4.69. The van der Waals surface area contributed by atoms with E-state index in [0.717, 1.165) is 13.1 Å². The Morgan fingerprint density at radius 1 is 1.29 bits per heavy atom. The van der Waals surface area contributed by atoms with Gasteiger partial charge in [0.2, 0.25) is 0 Å². The van der Waals surface area contributed by atoms with Gasteiger partial charge in [0.25, 0.3) is 0 Å². The molecule has 2 heterocycles. The molecule has 0 fully saturated rings. The molecule has 0 saturated carbocycles. The van der Waals surface area contributed by atoms with Crippen LogP contribution in [0.2, 0.25) is 0 Å². The Hall–Kier alpha value is -1.61. The van der Waals surface area contributed by atoms with Gasteiger partial charge in [-0.05, 0) is 18.1 Å². The van der Waals surface area contributed by atoms with Crippen molar-refractivity contribution in [3.63, 3.8) is 0 Å². The maximum absolute atomic E-state index is 4.35. The van der Waals surface area contributed by atoms with Crippen LogP contribution in [-0.2, 0) is 13.6 Å². The molecule has 1 aromatic carbocycles. The summed E-state index contributed by atoms with van der Waals surface area (Å²) in [5, 5.41) is 7.84. The zero-order chi connectivity index (χ0) is 11.8. The summed E-state index contributed by atoms with van der Waals surface area (Å²) in [6.07, 6.45) is 2.00. The smallest absolute Gasteiger partial charge is 0.0531 e. The van der Waals surface area contributed by atoms with Gasteiger partial charge in [-0.25, -0.2) is 0 Å². The Bertz CT molecular complexity index is 542. The number of fused-ring (bicyclic) bond motifs is 1. The average molecular weight is 227 g/mol. The lowest BCUT2D eigenvalue weighted by atomic mass is 9.86. The molecule has 0 aliphatic carbocycles. The lowest BCUT2D eigenvalue weighted by Gasteiger charge is -2.26. The molecule has 3 rings (SSSR count). The number of benzene rings is 1. The Balaban J connectivity index is 2.09. The molecular weight excluding hydrogens is 210 g/mol. The Morgan fingerprint density at radius 3 is 2.88 bits per heavy atom. The van der Waals surface area contributed by atoms with Gasteiger partial charge in [-0.1, -0.05) is 24.3 Å². The molecule has 0 spiro atoms. The number of aromatic nitrogens is 2. The van der Waals surface area contributed by atoms with Crippen LogP contribution in [0.5, 0.6) is 0 Å². The third-order valence-electron chi connectivity index (χ3n) is 3.74. The highest BCUT2D eigenvalue weighted by molar-refractivity contribution is 5.40. The molecule has 3 nitrogen and oxygen atoms in total. The van der Waals surface area contributed by atoms with E-state index in [9.17, 15) is 0 Å². The number of nitrogens with one attached hydrogen (secondary N) is 1. The van der Waals surface area contributed by atoms with Crippen LogP contribution in [0.15, 0.2) is 30.5 Å². The molecule has 1 N–H and O–H groups in total. The van der Waals surface area contributed by atoms with E-state index in [2.05, 4.69) is 41.6 Å². The monoisotopic (exact) mass is 227 g/mol. The molecule has 1 aliphatic heterocycles. The van der Waals surface area contributed by atoms with Crippen LogP contribution in [-0.4, -0.2) is 16.3 Å². The zero-order valence-electron chi connectivity index (χ0n) is 10.3. The van der Waals surface area contributed by atoms with E-state index in [1.54, 1.807) is 0 Å². The van der Waals surface area contributed by atoms with Crippen molar-refractivity contribution in [1.82, 2.24) is 15.1 Å². The molecule has 1 aromatic heterocycles. The maximum Gasteiger partial charge on any atom is 0.0531 e.